The van der Waals surface area contributed by atoms with E-state index in [-0.39, 0.29) is 28.7 Å². The van der Waals surface area contributed by atoms with Crippen molar-refractivity contribution >= 4 is 44.3 Å². The Balaban J connectivity index is 1.39. The molecule has 0 radical (unpaired) electrons. The van der Waals surface area contributed by atoms with Gasteiger partial charge in [-0.25, -0.2) is 18.4 Å². The largest absolute Gasteiger partial charge is 0.368 e. The van der Waals surface area contributed by atoms with Crippen LogP contribution in [0.3, 0.4) is 0 Å². The van der Waals surface area contributed by atoms with Gasteiger partial charge in [-0.15, -0.1) is 0 Å². The van der Waals surface area contributed by atoms with E-state index in [2.05, 4.69) is 20.2 Å². The van der Waals surface area contributed by atoms with Crippen LogP contribution in [-0.2, 0) is 10.0 Å². The Bertz CT molecular complexity index is 1520. The normalized spacial score (nSPS) is 17.3. The maximum absolute atomic E-state index is 13.4. The van der Waals surface area contributed by atoms with Gasteiger partial charge in [0.2, 0.25) is 16.0 Å². The fourth-order valence-corrected chi connectivity index (χ4v) is 6.56. The second kappa shape index (κ2) is 10.4. The first-order chi connectivity index (χ1) is 18.2. The first-order valence-corrected chi connectivity index (χ1v) is 14.7. The Morgan fingerprint density at radius 1 is 1.08 bits per heavy atom. The van der Waals surface area contributed by atoms with Gasteiger partial charge in [0.25, 0.3) is 5.56 Å². The third-order valence-electron chi connectivity index (χ3n) is 7.60. The Kier molecular flexibility index (Phi) is 7.19. The number of fused-ring (bicyclic) bond motifs is 1. The fourth-order valence-electron chi connectivity index (χ4n) is 5.48. The first kappa shape index (κ1) is 26.2. The second-order valence-corrected chi connectivity index (χ2v) is 12.2. The van der Waals surface area contributed by atoms with Crippen molar-refractivity contribution in [2.24, 2.45) is 0 Å². The highest BCUT2D eigenvalue weighted by Gasteiger charge is 2.27. The number of ketones is 1. The SMILES string of the molecule is CCS(=O)(=O)N1CCN(c2ccc(Nc3ncc4c(C)c(C(C)=O)c(=O)n(C5CCCC5)c4n3)nc2)CC1. The van der Waals surface area contributed by atoms with Gasteiger partial charge in [0.05, 0.1) is 23.2 Å². The van der Waals surface area contributed by atoms with Crippen LogP contribution >= 0.6 is 0 Å². The molecule has 2 fully saturated rings. The van der Waals surface area contributed by atoms with E-state index in [0.717, 1.165) is 31.4 Å². The molecule has 0 spiro atoms. The maximum Gasteiger partial charge on any atom is 0.263 e. The third kappa shape index (κ3) is 4.90. The van der Waals surface area contributed by atoms with Gasteiger partial charge in [0, 0.05) is 43.8 Å². The smallest absolute Gasteiger partial charge is 0.263 e. The summed E-state index contributed by atoms with van der Waals surface area (Å²) < 4.78 is 27.5. The molecule has 3 aromatic rings. The van der Waals surface area contributed by atoms with Crippen LogP contribution in [-0.4, -0.2) is 70.0 Å². The van der Waals surface area contributed by atoms with Crippen molar-refractivity contribution in [3.05, 3.63) is 46.0 Å². The average molecular weight is 540 g/mol. The Morgan fingerprint density at radius 2 is 1.79 bits per heavy atom. The molecule has 3 aromatic heterocycles. The minimum atomic E-state index is -3.18. The van der Waals surface area contributed by atoms with Crippen LogP contribution in [0.2, 0.25) is 0 Å². The van der Waals surface area contributed by atoms with Gasteiger partial charge in [-0.1, -0.05) is 12.8 Å². The number of aromatic nitrogens is 4. The van der Waals surface area contributed by atoms with E-state index in [1.807, 2.05) is 12.1 Å². The lowest BCUT2D eigenvalue weighted by Crippen LogP contribution is -2.49. The van der Waals surface area contributed by atoms with E-state index in [4.69, 9.17) is 4.98 Å². The molecule has 1 N–H and O–H groups in total. The van der Waals surface area contributed by atoms with Crippen LogP contribution in [0, 0.1) is 6.92 Å². The molecular weight excluding hydrogens is 506 g/mol. The number of rotatable bonds is 7. The zero-order valence-corrected chi connectivity index (χ0v) is 22.8. The third-order valence-corrected chi connectivity index (χ3v) is 9.48. The molecule has 1 saturated carbocycles. The van der Waals surface area contributed by atoms with E-state index in [1.165, 1.54) is 11.2 Å². The van der Waals surface area contributed by atoms with E-state index in [0.29, 0.717) is 54.5 Å². The second-order valence-electron chi connectivity index (χ2n) is 9.91. The fraction of sp³-hybridized carbons (Fsp3) is 0.500. The van der Waals surface area contributed by atoms with Crippen LogP contribution in [0.5, 0.6) is 0 Å². The highest BCUT2D eigenvalue weighted by Crippen LogP contribution is 2.32. The van der Waals surface area contributed by atoms with Crippen LogP contribution in [0.4, 0.5) is 17.5 Å². The van der Waals surface area contributed by atoms with Crippen LogP contribution < -0.4 is 15.8 Å². The van der Waals surface area contributed by atoms with Gasteiger partial charge in [-0.05, 0) is 51.3 Å². The molecule has 0 bridgehead atoms. The molecule has 1 saturated heterocycles. The lowest BCUT2D eigenvalue weighted by atomic mass is 10.0. The quantitative estimate of drug-likeness (QED) is 0.450. The zero-order chi connectivity index (χ0) is 27.0. The van der Waals surface area contributed by atoms with Gasteiger partial charge in [-0.2, -0.15) is 9.29 Å². The number of hydrogen-bond acceptors (Lipinski definition) is 9. The predicted molar refractivity (Wildman–Crippen MR) is 147 cm³/mol. The van der Waals surface area contributed by atoms with E-state index >= 15 is 0 Å². The standard InChI is InChI=1S/C26H33N7O4S/c1-4-38(36,37)32-13-11-31(12-14-32)20-9-10-22(27-15-20)29-26-28-16-21-17(2)23(18(3)34)25(35)33(24(21)30-26)19-7-5-6-8-19/h9-10,15-16,19H,4-8,11-14H2,1-3H3,(H,27,28,29,30). The molecule has 0 amide bonds. The number of nitrogens with one attached hydrogen (secondary N) is 1. The van der Waals surface area contributed by atoms with Gasteiger partial charge >= 0.3 is 0 Å². The van der Waals surface area contributed by atoms with Crippen molar-refractivity contribution < 1.29 is 13.2 Å². The monoisotopic (exact) mass is 539 g/mol. The van der Waals surface area contributed by atoms with Crippen LogP contribution in [0.15, 0.2) is 29.3 Å². The summed E-state index contributed by atoms with van der Waals surface area (Å²) in [5.41, 5.74) is 1.96. The highest BCUT2D eigenvalue weighted by molar-refractivity contribution is 7.89. The average Bonchev–Trinajstić information content (AvgIpc) is 3.43. The molecule has 0 aromatic carbocycles. The van der Waals surface area contributed by atoms with Crippen LogP contribution in [0.25, 0.3) is 11.0 Å². The van der Waals surface area contributed by atoms with Crippen molar-refractivity contribution in [3.8, 4) is 0 Å². The number of pyridine rings is 2. The summed E-state index contributed by atoms with van der Waals surface area (Å²) >= 11 is 0. The molecule has 2 aliphatic rings. The summed E-state index contributed by atoms with van der Waals surface area (Å²) in [6, 6.07) is 3.77. The summed E-state index contributed by atoms with van der Waals surface area (Å²) in [5, 5.41) is 3.83. The van der Waals surface area contributed by atoms with Gasteiger partial charge in [0.1, 0.15) is 11.5 Å². The Hall–Kier alpha value is -3.38. The zero-order valence-electron chi connectivity index (χ0n) is 22.0. The van der Waals surface area contributed by atoms with Gasteiger partial charge < -0.3 is 10.2 Å². The molecule has 202 valence electrons. The van der Waals surface area contributed by atoms with Crippen LogP contribution in [0.1, 0.15) is 61.5 Å². The van der Waals surface area contributed by atoms with Crippen molar-refractivity contribution in [1.29, 1.82) is 0 Å². The topological polar surface area (TPSA) is 130 Å². The van der Waals surface area contributed by atoms with Crippen molar-refractivity contribution in [2.45, 2.75) is 52.5 Å². The minimum absolute atomic E-state index is 0.0108. The summed E-state index contributed by atoms with van der Waals surface area (Å²) in [6.45, 7) is 6.96. The Labute approximate surface area is 222 Å². The van der Waals surface area contributed by atoms with Crippen molar-refractivity contribution in [3.63, 3.8) is 0 Å². The molecular formula is C26H33N7O4S. The number of carbonyl (C=O) groups excluding carboxylic acids is 1. The number of nitrogens with zero attached hydrogens (tertiary/aromatic N) is 6. The maximum atomic E-state index is 13.4. The molecule has 38 heavy (non-hydrogen) atoms. The molecule has 12 heteroatoms. The predicted octanol–water partition coefficient (Wildman–Crippen LogP) is 3.03. The van der Waals surface area contributed by atoms with Gasteiger partial charge in [0.15, 0.2) is 5.78 Å². The van der Waals surface area contributed by atoms with Gasteiger partial charge in [-0.3, -0.25) is 14.2 Å². The molecule has 0 atom stereocenters. The molecule has 1 aliphatic carbocycles. The van der Waals surface area contributed by atoms with Crippen molar-refractivity contribution in [1.82, 2.24) is 23.8 Å². The summed E-state index contributed by atoms with van der Waals surface area (Å²) in [4.78, 5) is 41.5. The molecule has 0 unspecified atom stereocenters. The number of piperazine rings is 1. The number of hydrogen-bond donors (Lipinski definition) is 1. The summed E-state index contributed by atoms with van der Waals surface area (Å²) in [7, 11) is -3.18. The summed E-state index contributed by atoms with van der Waals surface area (Å²) in [5.74, 6) is 0.727. The molecule has 5 rings (SSSR count). The first-order valence-electron chi connectivity index (χ1n) is 13.1. The van der Waals surface area contributed by atoms with E-state index < -0.39 is 10.0 Å². The molecule has 1 aliphatic heterocycles. The number of aryl methyl sites for hydroxylation is 1. The molecule has 11 nitrogen and oxygen atoms in total. The number of sulfonamides is 1. The number of anilines is 3. The highest BCUT2D eigenvalue weighted by atomic mass is 32.2. The molecule has 4 heterocycles. The summed E-state index contributed by atoms with van der Waals surface area (Å²) in [6.07, 6.45) is 7.24. The number of Topliss-reactive ketones (excluding diaryl/α,β-unsaturated/α-hetero) is 1. The minimum Gasteiger partial charge on any atom is -0.368 e. The Morgan fingerprint density at radius 3 is 2.39 bits per heavy atom. The lowest BCUT2D eigenvalue weighted by Gasteiger charge is -2.35. The number of carbonyl (C=O) groups is 1. The van der Waals surface area contributed by atoms with Crippen molar-refractivity contribution in [2.75, 3.05) is 42.1 Å². The lowest BCUT2D eigenvalue weighted by molar-refractivity contribution is 0.101. The van der Waals surface area contributed by atoms with E-state index in [9.17, 15) is 18.0 Å². The van der Waals surface area contributed by atoms with E-state index in [1.54, 1.807) is 30.8 Å².